The molecule has 12 rings (SSSR count). The quantitative estimate of drug-likeness (QED) is 0.183. The highest BCUT2D eigenvalue weighted by molar-refractivity contribution is 6.09. The van der Waals surface area contributed by atoms with E-state index in [1.54, 1.807) is 0 Å². The summed E-state index contributed by atoms with van der Waals surface area (Å²) in [7, 11) is 0. The van der Waals surface area contributed by atoms with Crippen LogP contribution in [0.15, 0.2) is 205 Å². The van der Waals surface area contributed by atoms with Crippen LogP contribution in [0.4, 0.5) is 17.1 Å². The van der Waals surface area contributed by atoms with E-state index in [2.05, 4.69) is 209 Å². The van der Waals surface area contributed by atoms with Crippen molar-refractivity contribution in [2.45, 2.75) is 6.54 Å². The summed E-state index contributed by atoms with van der Waals surface area (Å²) in [6, 6.07) is 70.6. The van der Waals surface area contributed by atoms with Crippen molar-refractivity contribution in [1.29, 1.82) is 0 Å². The summed E-state index contributed by atoms with van der Waals surface area (Å²) in [5, 5.41) is 11.9. The minimum atomic E-state index is 0.745. The lowest BCUT2D eigenvalue weighted by Gasteiger charge is -2.27. The monoisotopic (exact) mass is 755 g/mol. The number of hydrogen-bond acceptors (Lipinski definition) is 3. The van der Waals surface area contributed by atoms with Crippen LogP contribution in [0.3, 0.4) is 0 Å². The Morgan fingerprint density at radius 2 is 1.12 bits per heavy atom. The summed E-state index contributed by atoms with van der Waals surface area (Å²) < 4.78 is 8.66. The number of benzene rings is 9. The molecule has 0 bridgehead atoms. The summed E-state index contributed by atoms with van der Waals surface area (Å²) in [6.07, 6.45) is 3.98. The molecule has 59 heavy (non-hydrogen) atoms. The first-order valence-corrected chi connectivity index (χ1v) is 20.2. The summed E-state index contributed by atoms with van der Waals surface area (Å²) in [4.78, 5) is 2.38. The highest BCUT2D eigenvalue weighted by Crippen LogP contribution is 2.42. The highest BCUT2D eigenvalue weighted by atomic mass is 16.3. The summed E-state index contributed by atoms with van der Waals surface area (Å²) in [6.45, 7) is 0.745. The fourth-order valence-corrected chi connectivity index (χ4v) is 9.30. The molecule has 4 heteroatoms. The number of anilines is 3. The van der Waals surface area contributed by atoms with E-state index < -0.39 is 0 Å². The van der Waals surface area contributed by atoms with Crippen molar-refractivity contribution < 1.29 is 4.42 Å². The third-order valence-electron chi connectivity index (χ3n) is 12.0. The Kier molecular flexibility index (Phi) is 7.57. The number of furan rings is 1. The molecule has 0 atom stereocenters. The SMILES string of the molecule is C1=Cc2oc3cccc(-c4ccc(N(c5cccc(-n6c7ccccc7c7ccccc76)c5)c5ccc6cc(-c7cccc8ccccc78)ccc6c5)cc4)c3c2CN1. The van der Waals surface area contributed by atoms with Gasteiger partial charge in [-0.15, -0.1) is 0 Å². The number of nitrogens with zero attached hydrogens (tertiary/aromatic N) is 2. The van der Waals surface area contributed by atoms with Crippen LogP contribution in [0.1, 0.15) is 11.3 Å². The zero-order valence-electron chi connectivity index (χ0n) is 32.1. The zero-order valence-corrected chi connectivity index (χ0v) is 32.1. The standard InChI is InChI=1S/C55H37N3O/c1-2-14-45-36(10-1)11-7-17-46(45)40-23-22-39-33-44(29-26-38(39)32-40)57(41-27-24-37(25-28-41)47-18-9-21-54-55(47)50-35-56-31-30-53(50)59-54)42-12-8-13-43(34-42)58-51-19-5-3-15-48(51)49-16-4-6-20-52(49)58/h1-34,56H,35H2. The van der Waals surface area contributed by atoms with Gasteiger partial charge in [-0.05, 0) is 117 Å². The Labute approximate surface area is 341 Å². The molecule has 0 spiro atoms. The van der Waals surface area contributed by atoms with Crippen LogP contribution in [0.25, 0.3) is 88.3 Å². The lowest BCUT2D eigenvalue weighted by Crippen LogP contribution is -2.10. The number of fused-ring (bicyclic) bond motifs is 8. The van der Waals surface area contributed by atoms with Crippen molar-refractivity contribution in [3.05, 3.63) is 212 Å². The Morgan fingerprint density at radius 3 is 1.97 bits per heavy atom. The smallest absolute Gasteiger partial charge is 0.135 e. The molecular weight excluding hydrogens is 719 g/mol. The molecule has 11 aromatic rings. The van der Waals surface area contributed by atoms with Crippen molar-refractivity contribution in [3.8, 4) is 27.9 Å². The molecular formula is C55H37N3O. The molecule has 1 aliphatic heterocycles. The second-order valence-electron chi connectivity index (χ2n) is 15.4. The molecule has 0 saturated carbocycles. The van der Waals surface area contributed by atoms with Gasteiger partial charge in [0.15, 0.2) is 0 Å². The highest BCUT2D eigenvalue weighted by Gasteiger charge is 2.20. The molecule has 278 valence electrons. The second-order valence-corrected chi connectivity index (χ2v) is 15.4. The van der Waals surface area contributed by atoms with Gasteiger partial charge in [0.05, 0.1) is 11.0 Å². The van der Waals surface area contributed by atoms with Crippen molar-refractivity contribution in [2.75, 3.05) is 4.90 Å². The first kappa shape index (κ1) is 33.3. The molecule has 0 amide bonds. The average molecular weight is 756 g/mol. The van der Waals surface area contributed by atoms with E-state index >= 15 is 0 Å². The molecule has 0 unspecified atom stereocenters. The van der Waals surface area contributed by atoms with Crippen molar-refractivity contribution in [2.24, 2.45) is 0 Å². The summed E-state index contributed by atoms with van der Waals surface area (Å²) >= 11 is 0. The van der Waals surface area contributed by atoms with E-state index in [1.165, 1.54) is 71.0 Å². The van der Waals surface area contributed by atoms with Gasteiger partial charge in [-0.3, -0.25) is 0 Å². The first-order valence-electron chi connectivity index (χ1n) is 20.2. The normalized spacial score (nSPS) is 12.4. The third-order valence-corrected chi connectivity index (χ3v) is 12.0. The molecule has 1 aliphatic rings. The molecule has 2 aromatic heterocycles. The van der Waals surface area contributed by atoms with Gasteiger partial charge in [0.1, 0.15) is 11.3 Å². The van der Waals surface area contributed by atoms with Crippen LogP contribution < -0.4 is 10.2 Å². The molecule has 9 aromatic carbocycles. The Hall–Kier alpha value is -7.82. The number of hydrogen-bond donors (Lipinski definition) is 1. The van der Waals surface area contributed by atoms with Gasteiger partial charge in [0.2, 0.25) is 0 Å². The van der Waals surface area contributed by atoms with Gasteiger partial charge >= 0.3 is 0 Å². The molecule has 0 aliphatic carbocycles. The van der Waals surface area contributed by atoms with E-state index in [0.29, 0.717) is 0 Å². The van der Waals surface area contributed by atoms with Gasteiger partial charge in [-0.25, -0.2) is 0 Å². The van der Waals surface area contributed by atoms with Crippen molar-refractivity contribution in [3.63, 3.8) is 0 Å². The zero-order chi connectivity index (χ0) is 38.9. The Balaban J connectivity index is 1.00. The van der Waals surface area contributed by atoms with Crippen LogP contribution in [0.5, 0.6) is 0 Å². The Bertz CT molecular complexity index is 3400. The van der Waals surface area contributed by atoms with Crippen molar-refractivity contribution in [1.82, 2.24) is 9.88 Å². The van der Waals surface area contributed by atoms with E-state index in [4.69, 9.17) is 4.42 Å². The average Bonchev–Trinajstić information content (AvgIpc) is 3.85. The maximum atomic E-state index is 6.28. The number of para-hydroxylation sites is 2. The topological polar surface area (TPSA) is 33.3 Å². The summed E-state index contributed by atoms with van der Waals surface area (Å²) in [5.41, 5.74) is 13.6. The maximum Gasteiger partial charge on any atom is 0.135 e. The van der Waals surface area contributed by atoms with Gasteiger partial charge in [0, 0.05) is 57.2 Å². The molecule has 1 N–H and O–H groups in total. The van der Waals surface area contributed by atoms with Gasteiger partial charge in [-0.2, -0.15) is 0 Å². The van der Waals surface area contributed by atoms with E-state index in [9.17, 15) is 0 Å². The van der Waals surface area contributed by atoms with Gasteiger partial charge < -0.3 is 19.2 Å². The fraction of sp³-hybridized carbons (Fsp3) is 0.0182. The predicted octanol–water partition coefficient (Wildman–Crippen LogP) is 14.7. The lowest BCUT2D eigenvalue weighted by molar-refractivity contribution is 0.592. The lowest BCUT2D eigenvalue weighted by atomic mass is 9.96. The molecule has 0 saturated heterocycles. The molecule has 0 radical (unpaired) electrons. The first-order chi connectivity index (χ1) is 29.2. The van der Waals surface area contributed by atoms with Gasteiger partial charge in [-0.1, -0.05) is 127 Å². The summed E-state index contributed by atoms with van der Waals surface area (Å²) in [5.74, 6) is 0.928. The maximum absolute atomic E-state index is 6.28. The Morgan fingerprint density at radius 1 is 0.475 bits per heavy atom. The van der Waals surface area contributed by atoms with Crippen LogP contribution in [0.2, 0.25) is 0 Å². The minimum Gasteiger partial charge on any atom is -0.456 e. The van der Waals surface area contributed by atoms with Crippen LogP contribution in [-0.2, 0) is 6.54 Å². The number of nitrogens with one attached hydrogen (secondary N) is 1. The fourth-order valence-electron chi connectivity index (χ4n) is 9.30. The van der Waals surface area contributed by atoms with E-state index in [-0.39, 0.29) is 0 Å². The predicted molar refractivity (Wildman–Crippen MR) is 247 cm³/mol. The largest absolute Gasteiger partial charge is 0.456 e. The third kappa shape index (κ3) is 5.45. The molecule has 4 nitrogen and oxygen atoms in total. The van der Waals surface area contributed by atoms with Crippen molar-refractivity contribution >= 4 is 77.5 Å². The van der Waals surface area contributed by atoms with Crippen LogP contribution in [-0.4, -0.2) is 4.57 Å². The van der Waals surface area contributed by atoms with Crippen LogP contribution >= 0.6 is 0 Å². The second kappa shape index (κ2) is 13.4. The van der Waals surface area contributed by atoms with E-state index in [1.807, 2.05) is 12.3 Å². The number of rotatable bonds is 6. The van der Waals surface area contributed by atoms with E-state index in [0.717, 1.165) is 46.2 Å². The molecule has 0 fully saturated rings. The minimum absolute atomic E-state index is 0.745. The molecule has 3 heterocycles. The van der Waals surface area contributed by atoms with Gasteiger partial charge in [0.25, 0.3) is 0 Å². The number of aromatic nitrogens is 1. The van der Waals surface area contributed by atoms with Crippen LogP contribution in [0, 0.1) is 0 Å².